The molecule has 1 saturated heterocycles. The van der Waals surface area contributed by atoms with Crippen molar-refractivity contribution in [3.63, 3.8) is 0 Å². The van der Waals surface area contributed by atoms with E-state index in [0.29, 0.717) is 18.7 Å². The number of pyridine rings is 2. The molecule has 31 heavy (non-hydrogen) atoms. The van der Waals surface area contributed by atoms with Crippen LogP contribution in [0.4, 0.5) is 0 Å². The maximum absolute atomic E-state index is 13.3. The number of allylic oxidation sites excluding steroid dienone is 1. The maximum Gasteiger partial charge on any atom is 0.258 e. The van der Waals surface area contributed by atoms with Crippen molar-refractivity contribution >= 4 is 12.0 Å². The lowest BCUT2D eigenvalue weighted by atomic mass is 9.88. The second kappa shape index (κ2) is 9.16. The molecule has 0 aliphatic carbocycles. The predicted molar refractivity (Wildman–Crippen MR) is 119 cm³/mol. The van der Waals surface area contributed by atoms with Crippen LogP contribution in [0.25, 0.3) is 6.08 Å². The van der Waals surface area contributed by atoms with Gasteiger partial charge in [-0.25, -0.2) is 0 Å². The SMILES string of the molecule is C/C=C/c1ccc2n(c1=O)C[C@@H]1[C@@H](CO)[C@H](C(=O)NCc3ccccn3)N(CCC)[C@H]21. The number of aliphatic hydroxyl groups excluding tert-OH is 1. The minimum atomic E-state index is -0.428. The van der Waals surface area contributed by atoms with Gasteiger partial charge in [-0.1, -0.05) is 25.1 Å². The summed E-state index contributed by atoms with van der Waals surface area (Å²) in [6, 6.07) is 9.01. The Hall–Kier alpha value is -2.77. The molecule has 1 amide bonds. The Kier molecular flexibility index (Phi) is 6.34. The molecule has 164 valence electrons. The number of nitrogens with one attached hydrogen (secondary N) is 1. The first kappa shape index (κ1) is 21.5. The Bertz CT molecular complexity index is 1020. The molecule has 0 radical (unpaired) electrons. The van der Waals surface area contributed by atoms with Gasteiger partial charge in [0.15, 0.2) is 0 Å². The second-order valence-corrected chi connectivity index (χ2v) is 8.31. The number of amides is 1. The number of fused-ring (bicyclic) bond motifs is 3. The smallest absolute Gasteiger partial charge is 0.258 e. The van der Waals surface area contributed by atoms with Crippen LogP contribution in [0, 0.1) is 11.8 Å². The van der Waals surface area contributed by atoms with E-state index in [4.69, 9.17) is 0 Å². The largest absolute Gasteiger partial charge is 0.396 e. The average molecular weight is 423 g/mol. The fourth-order valence-corrected chi connectivity index (χ4v) is 5.23. The molecular weight excluding hydrogens is 392 g/mol. The van der Waals surface area contributed by atoms with Crippen LogP contribution in [0.2, 0.25) is 0 Å². The Balaban J connectivity index is 1.64. The molecule has 2 aliphatic heterocycles. The van der Waals surface area contributed by atoms with Gasteiger partial charge in [0.1, 0.15) is 0 Å². The Morgan fingerprint density at radius 2 is 2.16 bits per heavy atom. The summed E-state index contributed by atoms with van der Waals surface area (Å²) in [4.78, 5) is 32.7. The first-order chi connectivity index (χ1) is 15.1. The van der Waals surface area contributed by atoms with Gasteiger partial charge < -0.3 is 15.0 Å². The lowest BCUT2D eigenvalue weighted by Gasteiger charge is -2.30. The van der Waals surface area contributed by atoms with Crippen LogP contribution in [-0.2, 0) is 17.9 Å². The van der Waals surface area contributed by atoms with Gasteiger partial charge >= 0.3 is 0 Å². The highest BCUT2D eigenvalue weighted by atomic mass is 16.3. The van der Waals surface area contributed by atoms with E-state index in [9.17, 15) is 14.7 Å². The normalized spacial score (nSPS) is 25.0. The fourth-order valence-electron chi connectivity index (χ4n) is 5.23. The van der Waals surface area contributed by atoms with E-state index in [0.717, 1.165) is 24.4 Å². The van der Waals surface area contributed by atoms with Crippen molar-refractivity contribution < 1.29 is 9.90 Å². The molecule has 0 unspecified atom stereocenters. The monoisotopic (exact) mass is 422 g/mol. The Labute approximate surface area is 182 Å². The van der Waals surface area contributed by atoms with Crippen LogP contribution in [0.15, 0.2) is 47.4 Å². The average Bonchev–Trinajstić information content (AvgIpc) is 3.30. The summed E-state index contributed by atoms with van der Waals surface area (Å²) in [5.41, 5.74) is 2.40. The van der Waals surface area contributed by atoms with Gasteiger partial charge in [-0.05, 0) is 44.2 Å². The summed E-state index contributed by atoms with van der Waals surface area (Å²) in [5.74, 6) is -0.299. The van der Waals surface area contributed by atoms with E-state index in [1.807, 2.05) is 54.0 Å². The predicted octanol–water partition coefficient (Wildman–Crippen LogP) is 1.97. The summed E-state index contributed by atoms with van der Waals surface area (Å²) in [7, 11) is 0. The lowest BCUT2D eigenvalue weighted by Crippen LogP contribution is -2.48. The zero-order valence-electron chi connectivity index (χ0n) is 18.1. The molecule has 7 heteroatoms. The van der Waals surface area contributed by atoms with Crippen molar-refractivity contribution in [2.24, 2.45) is 11.8 Å². The van der Waals surface area contributed by atoms with E-state index >= 15 is 0 Å². The van der Waals surface area contributed by atoms with E-state index in [-0.39, 0.29) is 36.0 Å². The highest BCUT2D eigenvalue weighted by Gasteiger charge is 2.55. The Morgan fingerprint density at radius 1 is 1.32 bits per heavy atom. The third-order valence-corrected chi connectivity index (χ3v) is 6.49. The minimum absolute atomic E-state index is 0.00529. The number of hydrogen-bond donors (Lipinski definition) is 2. The number of aromatic nitrogens is 2. The first-order valence-electron chi connectivity index (χ1n) is 11.0. The van der Waals surface area contributed by atoms with Gasteiger partial charge in [0.2, 0.25) is 5.91 Å². The van der Waals surface area contributed by atoms with Crippen LogP contribution < -0.4 is 10.9 Å². The lowest BCUT2D eigenvalue weighted by molar-refractivity contribution is -0.128. The zero-order valence-corrected chi connectivity index (χ0v) is 18.1. The van der Waals surface area contributed by atoms with E-state index in [1.54, 1.807) is 6.20 Å². The fraction of sp³-hybridized carbons (Fsp3) is 0.458. The molecule has 2 N–H and O–H groups in total. The van der Waals surface area contributed by atoms with Gasteiger partial charge in [0, 0.05) is 42.4 Å². The summed E-state index contributed by atoms with van der Waals surface area (Å²) in [6.45, 7) is 5.50. The molecule has 4 rings (SSSR count). The molecule has 0 aromatic carbocycles. The van der Waals surface area contributed by atoms with Crippen molar-refractivity contribution in [3.05, 3.63) is 69.9 Å². The third kappa shape index (κ3) is 3.83. The molecule has 4 heterocycles. The molecule has 2 aromatic heterocycles. The van der Waals surface area contributed by atoms with Crippen LogP contribution in [0.5, 0.6) is 0 Å². The molecular formula is C24H30N4O3. The number of rotatable bonds is 7. The number of carbonyl (C=O) groups excluding carboxylic acids is 1. The van der Waals surface area contributed by atoms with E-state index in [2.05, 4.69) is 22.1 Å². The number of carbonyl (C=O) groups is 1. The van der Waals surface area contributed by atoms with Crippen molar-refractivity contribution in [3.8, 4) is 0 Å². The highest BCUT2D eigenvalue weighted by Crippen LogP contribution is 2.49. The summed E-state index contributed by atoms with van der Waals surface area (Å²) < 4.78 is 1.83. The number of likely N-dealkylation sites (tertiary alicyclic amines) is 1. The molecule has 4 atom stereocenters. The molecule has 0 spiro atoms. The molecule has 2 aromatic rings. The van der Waals surface area contributed by atoms with Crippen molar-refractivity contribution in [2.75, 3.05) is 13.2 Å². The van der Waals surface area contributed by atoms with Crippen LogP contribution in [0.1, 0.15) is 43.3 Å². The topological polar surface area (TPSA) is 87.5 Å². The molecule has 0 saturated carbocycles. The molecule has 0 bridgehead atoms. The molecule has 1 fully saturated rings. The van der Waals surface area contributed by atoms with E-state index in [1.165, 1.54) is 0 Å². The number of nitrogens with zero attached hydrogens (tertiary/aromatic N) is 3. The van der Waals surface area contributed by atoms with Gasteiger partial charge in [0.25, 0.3) is 5.56 Å². The maximum atomic E-state index is 13.3. The van der Waals surface area contributed by atoms with Crippen molar-refractivity contribution in [2.45, 2.75) is 45.4 Å². The zero-order chi connectivity index (χ0) is 22.0. The van der Waals surface area contributed by atoms with Crippen LogP contribution in [0.3, 0.4) is 0 Å². The van der Waals surface area contributed by atoms with Crippen molar-refractivity contribution in [1.29, 1.82) is 0 Å². The standard InChI is InChI=1S/C24H30N4O3/c1-3-7-16-9-10-20-21-18(14-28(20)24(16)31)19(15-29)22(27(21)12-4-2)23(30)26-13-17-8-5-6-11-25-17/h3,5-11,18-19,21-22,29H,4,12-15H2,1-2H3,(H,26,30)/b7-3+/t18-,19-,21+,22-/m1/s1. The van der Waals surface area contributed by atoms with Crippen LogP contribution in [-0.4, -0.2) is 44.7 Å². The number of hydrogen-bond acceptors (Lipinski definition) is 5. The number of aliphatic hydroxyl groups is 1. The highest BCUT2D eigenvalue weighted by molar-refractivity contribution is 5.82. The van der Waals surface area contributed by atoms with Gasteiger partial charge in [-0.2, -0.15) is 0 Å². The molecule has 2 aliphatic rings. The van der Waals surface area contributed by atoms with Crippen LogP contribution >= 0.6 is 0 Å². The second-order valence-electron chi connectivity index (χ2n) is 8.31. The van der Waals surface area contributed by atoms with Crippen molar-refractivity contribution in [1.82, 2.24) is 19.8 Å². The summed E-state index contributed by atoms with van der Waals surface area (Å²) >= 11 is 0. The first-order valence-corrected chi connectivity index (χ1v) is 11.0. The minimum Gasteiger partial charge on any atom is -0.396 e. The summed E-state index contributed by atoms with van der Waals surface area (Å²) in [5, 5.41) is 13.3. The van der Waals surface area contributed by atoms with Gasteiger partial charge in [0.05, 0.1) is 24.3 Å². The van der Waals surface area contributed by atoms with Gasteiger partial charge in [-0.15, -0.1) is 0 Å². The van der Waals surface area contributed by atoms with Gasteiger partial charge in [-0.3, -0.25) is 19.5 Å². The Morgan fingerprint density at radius 3 is 2.84 bits per heavy atom. The molecule has 7 nitrogen and oxygen atoms in total. The quantitative estimate of drug-likeness (QED) is 0.712. The third-order valence-electron chi connectivity index (χ3n) is 6.49. The van der Waals surface area contributed by atoms with E-state index < -0.39 is 6.04 Å². The summed E-state index contributed by atoms with van der Waals surface area (Å²) in [6.07, 6.45) is 6.27.